The van der Waals surface area contributed by atoms with Gasteiger partial charge in [0.25, 0.3) is 0 Å². The van der Waals surface area contributed by atoms with Crippen LogP contribution < -0.4 is 5.32 Å². The summed E-state index contributed by atoms with van der Waals surface area (Å²) in [5.74, 6) is -0.187. The Labute approximate surface area is 98.9 Å². The van der Waals surface area contributed by atoms with Crippen LogP contribution in [0.2, 0.25) is 0 Å². The molecule has 1 N–H and O–H groups in total. The van der Waals surface area contributed by atoms with Crippen molar-refractivity contribution in [2.24, 2.45) is 0 Å². The fourth-order valence-corrected chi connectivity index (χ4v) is 2.39. The number of benzene rings is 1. The molecule has 0 amide bonds. The molecule has 0 aliphatic carbocycles. The molecule has 3 heteroatoms. The lowest BCUT2D eigenvalue weighted by Gasteiger charge is -2.15. The zero-order valence-electron chi connectivity index (χ0n) is 9.33. The molecule has 0 aliphatic heterocycles. The van der Waals surface area contributed by atoms with Crippen LogP contribution >= 0.6 is 11.3 Å². The third-order valence-electron chi connectivity index (χ3n) is 2.75. The molecule has 1 unspecified atom stereocenters. The summed E-state index contributed by atoms with van der Waals surface area (Å²) in [4.78, 5) is 0. The van der Waals surface area contributed by atoms with Crippen molar-refractivity contribution in [1.29, 1.82) is 0 Å². The van der Waals surface area contributed by atoms with Crippen molar-refractivity contribution in [3.05, 3.63) is 46.4 Å². The van der Waals surface area contributed by atoms with Crippen LogP contribution in [0.5, 0.6) is 0 Å². The third kappa shape index (κ3) is 2.15. The first-order chi connectivity index (χ1) is 7.72. The molecule has 84 valence electrons. The maximum atomic E-state index is 13.3. The molecule has 0 fully saturated rings. The second-order valence-corrected chi connectivity index (χ2v) is 4.53. The second-order valence-electron chi connectivity index (χ2n) is 3.75. The monoisotopic (exact) mass is 235 g/mol. The highest BCUT2D eigenvalue weighted by Gasteiger charge is 2.11. The fraction of sp³-hybridized carbons (Fsp3) is 0.231. The van der Waals surface area contributed by atoms with Crippen molar-refractivity contribution in [3.63, 3.8) is 0 Å². The molecule has 2 aromatic rings. The van der Waals surface area contributed by atoms with Crippen molar-refractivity contribution in [2.45, 2.75) is 13.0 Å². The second kappa shape index (κ2) is 4.76. The van der Waals surface area contributed by atoms with Crippen LogP contribution in [0.15, 0.2) is 35.0 Å². The van der Waals surface area contributed by atoms with E-state index in [2.05, 4.69) is 12.2 Å². The van der Waals surface area contributed by atoms with Gasteiger partial charge in [0.1, 0.15) is 5.82 Å². The van der Waals surface area contributed by atoms with Crippen molar-refractivity contribution in [3.8, 4) is 11.1 Å². The number of hydrogen-bond donors (Lipinski definition) is 1. The van der Waals surface area contributed by atoms with Crippen molar-refractivity contribution in [2.75, 3.05) is 7.05 Å². The van der Waals surface area contributed by atoms with Gasteiger partial charge in [-0.3, -0.25) is 0 Å². The molecule has 0 radical (unpaired) electrons. The van der Waals surface area contributed by atoms with E-state index in [1.165, 1.54) is 6.07 Å². The molecule has 0 bridgehead atoms. The predicted octanol–water partition coefficient (Wildman–Crippen LogP) is 3.83. The number of rotatable bonds is 3. The van der Waals surface area contributed by atoms with E-state index in [1.54, 1.807) is 17.4 Å². The van der Waals surface area contributed by atoms with Crippen molar-refractivity contribution < 1.29 is 4.39 Å². The van der Waals surface area contributed by atoms with E-state index in [-0.39, 0.29) is 11.9 Å². The van der Waals surface area contributed by atoms with Crippen LogP contribution in [0.1, 0.15) is 18.5 Å². The summed E-state index contributed by atoms with van der Waals surface area (Å²) in [7, 11) is 1.91. The Bertz CT molecular complexity index is 465. The quantitative estimate of drug-likeness (QED) is 0.852. The minimum absolute atomic E-state index is 0.187. The Morgan fingerprint density at radius 3 is 2.75 bits per heavy atom. The number of halogens is 1. The maximum Gasteiger partial charge on any atom is 0.123 e. The lowest BCUT2D eigenvalue weighted by Crippen LogP contribution is -2.13. The zero-order chi connectivity index (χ0) is 11.5. The predicted molar refractivity (Wildman–Crippen MR) is 67.2 cm³/mol. The van der Waals surface area contributed by atoms with Crippen LogP contribution in [-0.4, -0.2) is 7.05 Å². The van der Waals surface area contributed by atoms with Crippen molar-refractivity contribution >= 4 is 11.3 Å². The summed E-state index contributed by atoms with van der Waals surface area (Å²) in [5, 5.41) is 7.23. The first-order valence-corrected chi connectivity index (χ1v) is 6.16. The van der Waals surface area contributed by atoms with Gasteiger partial charge in [-0.2, -0.15) is 11.3 Å². The summed E-state index contributed by atoms with van der Waals surface area (Å²) in [6, 6.07) is 7.20. The van der Waals surface area contributed by atoms with Crippen LogP contribution in [0.3, 0.4) is 0 Å². The van der Waals surface area contributed by atoms with E-state index < -0.39 is 0 Å². The highest BCUT2D eigenvalue weighted by molar-refractivity contribution is 7.08. The fourth-order valence-electron chi connectivity index (χ4n) is 1.73. The summed E-state index contributed by atoms with van der Waals surface area (Å²) >= 11 is 1.63. The molecule has 0 saturated heterocycles. The van der Waals surface area contributed by atoms with E-state index in [1.807, 2.05) is 29.9 Å². The SMILES string of the molecule is CNC(C)c1ccc(F)cc1-c1ccsc1. The van der Waals surface area contributed by atoms with E-state index in [0.717, 1.165) is 16.7 Å². The summed E-state index contributed by atoms with van der Waals surface area (Å²) < 4.78 is 13.3. The molecule has 1 heterocycles. The molecule has 1 atom stereocenters. The third-order valence-corrected chi connectivity index (χ3v) is 3.43. The van der Waals surface area contributed by atoms with Gasteiger partial charge in [-0.1, -0.05) is 6.07 Å². The van der Waals surface area contributed by atoms with E-state index >= 15 is 0 Å². The molecule has 1 aromatic carbocycles. The van der Waals surface area contributed by atoms with Crippen LogP contribution in [0.4, 0.5) is 4.39 Å². The van der Waals surface area contributed by atoms with Gasteiger partial charge in [0, 0.05) is 6.04 Å². The topological polar surface area (TPSA) is 12.0 Å². The number of nitrogens with one attached hydrogen (secondary N) is 1. The number of thiophene rings is 1. The normalized spacial score (nSPS) is 12.7. The van der Waals surface area contributed by atoms with Gasteiger partial charge in [0.05, 0.1) is 0 Å². The molecule has 0 aliphatic rings. The van der Waals surface area contributed by atoms with Crippen molar-refractivity contribution in [1.82, 2.24) is 5.32 Å². The van der Waals surface area contributed by atoms with Gasteiger partial charge >= 0.3 is 0 Å². The molecular weight excluding hydrogens is 221 g/mol. The van der Waals surface area contributed by atoms with Crippen LogP contribution in [0, 0.1) is 5.82 Å². The average Bonchev–Trinajstić information content (AvgIpc) is 2.81. The first-order valence-electron chi connectivity index (χ1n) is 5.21. The molecular formula is C13H14FNS. The van der Waals surface area contributed by atoms with E-state index in [0.29, 0.717) is 0 Å². The Balaban J connectivity index is 2.53. The van der Waals surface area contributed by atoms with Gasteiger partial charge in [-0.05, 0) is 59.6 Å². The number of hydrogen-bond acceptors (Lipinski definition) is 2. The maximum absolute atomic E-state index is 13.3. The summed E-state index contributed by atoms with van der Waals surface area (Å²) in [5.41, 5.74) is 3.19. The molecule has 0 spiro atoms. The zero-order valence-corrected chi connectivity index (χ0v) is 10.1. The standard InChI is InChI=1S/C13H14FNS/c1-9(15-2)12-4-3-11(14)7-13(12)10-5-6-16-8-10/h3-9,15H,1-2H3. The molecule has 1 aromatic heterocycles. The van der Waals surface area contributed by atoms with E-state index in [9.17, 15) is 4.39 Å². The van der Waals surface area contributed by atoms with Gasteiger partial charge in [-0.25, -0.2) is 4.39 Å². The van der Waals surface area contributed by atoms with Crippen LogP contribution in [0.25, 0.3) is 11.1 Å². The Hall–Kier alpha value is -1.19. The first kappa shape index (κ1) is 11.3. The molecule has 1 nitrogen and oxygen atoms in total. The molecule has 2 rings (SSSR count). The average molecular weight is 235 g/mol. The van der Waals surface area contributed by atoms with Gasteiger partial charge < -0.3 is 5.32 Å². The molecule has 0 saturated carbocycles. The van der Waals surface area contributed by atoms with E-state index in [4.69, 9.17) is 0 Å². The van der Waals surface area contributed by atoms with Gasteiger partial charge in [0.15, 0.2) is 0 Å². The lowest BCUT2D eigenvalue weighted by molar-refractivity contribution is 0.620. The molecule has 16 heavy (non-hydrogen) atoms. The van der Waals surface area contributed by atoms with Gasteiger partial charge in [-0.15, -0.1) is 0 Å². The largest absolute Gasteiger partial charge is 0.313 e. The highest BCUT2D eigenvalue weighted by Crippen LogP contribution is 2.30. The van der Waals surface area contributed by atoms with Crippen LogP contribution in [-0.2, 0) is 0 Å². The summed E-state index contributed by atoms with van der Waals surface area (Å²) in [6.07, 6.45) is 0. The Morgan fingerprint density at radius 1 is 1.31 bits per heavy atom. The minimum atomic E-state index is -0.187. The Kier molecular flexibility index (Phi) is 3.36. The lowest BCUT2D eigenvalue weighted by atomic mass is 9.97. The highest BCUT2D eigenvalue weighted by atomic mass is 32.1. The van der Waals surface area contributed by atoms with Gasteiger partial charge in [0.2, 0.25) is 0 Å². The minimum Gasteiger partial charge on any atom is -0.313 e. The Morgan fingerprint density at radius 2 is 2.12 bits per heavy atom. The summed E-state index contributed by atoms with van der Waals surface area (Å²) in [6.45, 7) is 2.07. The smallest absolute Gasteiger partial charge is 0.123 e.